The Bertz CT molecular complexity index is 293. The number of ether oxygens (including phenoxy) is 1. The third-order valence-electron chi connectivity index (χ3n) is 3.16. The monoisotopic (exact) mass is 224 g/mol. The van der Waals surface area contributed by atoms with Gasteiger partial charge in [-0.3, -0.25) is 9.79 Å². The number of amides is 1. The van der Waals surface area contributed by atoms with Crippen LogP contribution in [0.2, 0.25) is 0 Å². The molecule has 2 aliphatic heterocycles. The normalized spacial score (nSPS) is 30.4. The van der Waals surface area contributed by atoms with Gasteiger partial charge in [0, 0.05) is 13.0 Å². The van der Waals surface area contributed by atoms with Crippen LogP contribution in [0.5, 0.6) is 0 Å². The van der Waals surface area contributed by atoms with Gasteiger partial charge in [0.1, 0.15) is 11.9 Å². The summed E-state index contributed by atoms with van der Waals surface area (Å²) in [5.41, 5.74) is 0. The summed E-state index contributed by atoms with van der Waals surface area (Å²) in [7, 11) is 0. The number of hydrogen-bond donors (Lipinski definition) is 1. The highest BCUT2D eigenvalue weighted by Crippen LogP contribution is 2.19. The zero-order valence-electron chi connectivity index (χ0n) is 10.0. The second-order valence-electron chi connectivity index (χ2n) is 4.95. The predicted molar refractivity (Wildman–Crippen MR) is 62.4 cm³/mol. The molecule has 1 fully saturated rings. The number of nitrogens with one attached hydrogen (secondary N) is 1. The second kappa shape index (κ2) is 4.95. The summed E-state index contributed by atoms with van der Waals surface area (Å²) in [6.45, 7) is 4.89. The number of rotatable bonds is 3. The first kappa shape index (κ1) is 11.6. The molecule has 2 rings (SSSR count). The fourth-order valence-corrected chi connectivity index (χ4v) is 2.21. The molecule has 0 saturated carbocycles. The minimum Gasteiger partial charge on any atom is -0.378 e. The second-order valence-corrected chi connectivity index (χ2v) is 4.95. The van der Waals surface area contributed by atoms with Gasteiger partial charge in [0.25, 0.3) is 0 Å². The molecule has 0 bridgehead atoms. The van der Waals surface area contributed by atoms with Crippen LogP contribution in [0.25, 0.3) is 0 Å². The molecular weight excluding hydrogens is 204 g/mol. The Morgan fingerprint density at radius 2 is 2.31 bits per heavy atom. The highest BCUT2D eigenvalue weighted by Gasteiger charge is 2.30. The lowest BCUT2D eigenvalue weighted by Gasteiger charge is -2.22. The van der Waals surface area contributed by atoms with Gasteiger partial charge in [-0.1, -0.05) is 13.8 Å². The van der Waals surface area contributed by atoms with E-state index in [1.54, 1.807) is 0 Å². The first-order valence-electron chi connectivity index (χ1n) is 6.16. The standard InChI is InChI=1S/C12H20N2O2/c1-8(2)11-12(15)14-10(13-11)7-9-5-3-4-6-16-9/h8-9,11H,3-7H2,1-2H3,(H,13,14,15). The average molecular weight is 224 g/mol. The van der Waals surface area contributed by atoms with Crippen LogP contribution in [0, 0.1) is 5.92 Å². The third kappa shape index (κ3) is 2.61. The Labute approximate surface area is 96.5 Å². The number of aliphatic imine (C=N–C) groups is 1. The molecule has 16 heavy (non-hydrogen) atoms. The highest BCUT2D eigenvalue weighted by atomic mass is 16.5. The van der Waals surface area contributed by atoms with Crippen molar-refractivity contribution in [2.45, 2.75) is 51.7 Å². The molecule has 0 aromatic heterocycles. The van der Waals surface area contributed by atoms with E-state index >= 15 is 0 Å². The number of carbonyl (C=O) groups excluding carboxylic acids is 1. The minimum atomic E-state index is -0.196. The molecule has 0 radical (unpaired) electrons. The van der Waals surface area contributed by atoms with Crippen LogP contribution in [-0.4, -0.2) is 30.5 Å². The van der Waals surface area contributed by atoms with E-state index in [-0.39, 0.29) is 24.0 Å². The van der Waals surface area contributed by atoms with Crippen molar-refractivity contribution in [2.75, 3.05) is 6.61 Å². The van der Waals surface area contributed by atoms with Crippen LogP contribution in [0.3, 0.4) is 0 Å². The summed E-state index contributed by atoms with van der Waals surface area (Å²) in [6, 6.07) is -0.196. The smallest absolute Gasteiger partial charge is 0.250 e. The molecule has 4 nitrogen and oxygen atoms in total. The number of amidine groups is 1. The summed E-state index contributed by atoms with van der Waals surface area (Å²) >= 11 is 0. The van der Waals surface area contributed by atoms with Gasteiger partial charge in [0.15, 0.2) is 0 Å². The van der Waals surface area contributed by atoms with Gasteiger partial charge in [0.05, 0.1) is 6.10 Å². The molecule has 4 heteroatoms. The van der Waals surface area contributed by atoms with Crippen molar-refractivity contribution in [1.82, 2.24) is 5.32 Å². The van der Waals surface area contributed by atoms with Crippen LogP contribution in [0.15, 0.2) is 4.99 Å². The quantitative estimate of drug-likeness (QED) is 0.789. The van der Waals surface area contributed by atoms with E-state index < -0.39 is 0 Å². The predicted octanol–water partition coefficient (Wildman–Crippen LogP) is 1.50. The largest absolute Gasteiger partial charge is 0.378 e. The maximum absolute atomic E-state index is 11.6. The summed E-state index contributed by atoms with van der Waals surface area (Å²) in [6.07, 6.45) is 4.47. The molecule has 1 saturated heterocycles. The van der Waals surface area contributed by atoms with Gasteiger partial charge >= 0.3 is 0 Å². The van der Waals surface area contributed by atoms with Crippen molar-refractivity contribution in [3.05, 3.63) is 0 Å². The van der Waals surface area contributed by atoms with E-state index in [9.17, 15) is 4.79 Å². The number of nitrogens with zero attached hydrogens (tertiary/aromatic N) is 1. The van der Waals surface area contributed by atoms with Crippen molar-refractivity contribution >= 4 is 11.7 Å². The Kier molecular flexibility index (Phi) is 3.59. The molecule has 0 aromatic carbocycles. The topological polar surface area (TPSA) is 50.7 Å². The average Bonchev–Trinajstić information content (AvgIpc) is 2.61. The molecule has 0 aliphatic carbocycles. The Hall–Kier alpha value is -0.900. The molecule has 1 amide bonds. The van der Waals surface area contributed by atoms with Gasteiger partial charge in [0.2, 0.25) is 5.91 Å². The van der Waals surface area contributed by atoms with E-state index in [0.717, 1.165) is 31.7 Å². The van der Waals surface area contributed by atoms with Crippen LogP contribution in [0.4, 0.5) is 0 Å². The lowest BCUT2D eigenvalue weighted by molar-refractivity contribution is -0.120. The number of carbonyl (C=O) groups is 1. The fraction of sp³-hybridized carbons (Fsp3) is 0.833. The van der Waals surface area contributed by atoms with Gasteiger partial charge in [-0.05, 0) is 25.2 Å². The summed E-state index contributed by atoms with van der Waals surface area (Å²) < 4.78 is 5.64. The van der Waals surface area contributed by atoms with E-state index in [4.69, 9.17) is 4.74 Å². The molecule has 2 heterocycles. The van der Waals surface area contributed by atoms with Gasteiger partial charge in [-0.2, -0.15) is 0 Å². The molecule has 2 unspecified atom stereocenters. The van der Waals surface area contributed by atoms with Gasteiger partial charge in [-0.25, -0.2) is 0 Å². The SMILES string of the molecule is CC(C)C1N=C(CC2CCCCO2)NC1=O. The van der Waals surface area contributed by atoms with E-state index in [2.05, 4.69) is 10.3 Å². The lowest BCUT2D eigenvalue weighted by atomic mass is 10.1. The van der Waals surface area contributed by atoms with E-state index in [0.29, 0.717) is 0 Å². The van der Waals surface area contributed by atoms with Crippen molar-refractivity contribution in [3.63, 3.8) is 0 Å². The maximum Gasteiger partial charge on any atom is 0.250 e. The molecular formula is C12H20N2O2. The van der Waals surface area contributed by atoms with Crippen molar-refractivity contribution in [1.29, 1.82) is 0 Å². The van der Waals surface area contributed by atoms with Crippen LogP contribution < -0.4 is 5.32 Å². The highest BCUT2D eigenvalue weighted by molar-refractivity contribution is 6.06. The fourth-order valence-electron chi connectivity index (χ4n) is 2.21. The Morgan fingerprint density at radius 3 is 2.88 bits per heavy atom. The molecule has 0 aromatic rings. The first-order valence-corrected chi connectivity index (χ1v) is 6.16. The molecule has 0 spiro atoms. The van der Waals surface area contributed by atoms with Gasteiger partial charge < -0.3 is 10.1 Å². The minimum absolute atomic E-state index is 0.0424. The Morgan fingerprint density at radius 1 is 1.50 bits per heavy atom. The van der Waals surface area contributed by atoms with Crippen molar-refractivity contribution in [3.8, 4) is 0 Å². The molecule has 2 aliphatic rings. The van der Waals surface area contributed by atoms with Gasteiger partial charge in [-0.15, -0.1) is 0 Å². The summed E-state index contributed by atoms with van der Waals surface area (Å²) in [4.78, 5) is 16.0. The van der Waals surface area contributed by atoms with Crippen molar-refractivity contribution in [2.24, 2.45) is 10.9 Å². The van der Waals surface area contributed by atoms with Crippen LogP contribution >= 0.6 is 0 Å². The zero-order valence-corrected chi connectivity index (χ0v) is 10.0. The van der Waals surface area contributed by atoms with E-state index in [1.807, 2.05) is 13.8 Å². The molecule has 90 valence electrons. The first-order chi connectivity index (χ1) is 7.66. The van der Waals surface area contributed by atoms with E-state index in [1.165, 1.54) is 6.42 Å². The number of hydrogen-bond acceptors (Lipinski definition) is 3. The van der Waals surface area contributed by atoms with Crippen LogP contribution in [-0.2, 0) is 9.53 Å². The lowest BCUT2D eigenvalue weighted by Crippen LogP contribution is -2.33. The zero-order chi connectivity index (χ0) is 11.5. The summed E-state index contributed by atoms with van der Waals surface area (Å²) in [5.74, 6) is 1.13. The van der Waals surface area contributed by atoms with Crippen LogP contribution in [0.1, 0.15) is 39.5 Å². The molecule has 1 N–H and O–H groups in total. The third-order valence-corrected chi connectivity index (χ3v) is 3.16. The molecule has 2 atom stereocenters. The summed E-state index contributed by atoms with van der Waals surface area (Å²) in [5, 5.41) is 2.86. The maximum atomic E-state index is 11.6. The van der Waals surface area contributed by atoms with Crippen molar-refractivity contribution < 1.29 is 9.53 Å². The Balaban J connectivity index is 1.90.